The summed E-state index contributed by atoms with van der Waals surface area (Å²) in [6.07, 6.45) is 0. The molecule has 0 N–H and O–H groups in total. The molecule has 0 aliphatic rings. The molecule has 0 saturated carbocycles. The van der Waals surface area contributed by atoms with Crippen molar-refractivity contribution in [3.63, 3.8) is 0 Å². The van der Waals surface area contributed by atoms with E-state index >= 15 is 0 Å². The number of aryl methyl sites for hydroxylation is 1. The fourth-order valence-corrected chi connectivity index (χ4v) is 0.646. The Kier molecular flexibility index (Phi) is 1.52. The molecule has 0 heterocycles. The Labute approximate surface area is 54.3 Å². The monoisotopic (exact) mass is 123 g/mol. The lowest BCUT2D eigenvalue weighted by Crippen LogP contribution is -1.84. The summed E-state index contributed by atoms with van der Waals surface area (Å²) in [5.41, 5.74) is 1.67. The van der Waals surface area contributed by atoms with Crippen molar-refractivity contribution < 1.29 is 4.39 Å². The van der Waals surface area contributed by atoms with Crippen LogP contribution in [0.2, 0.25) is 0 Å². The third kappa shape index (κ3) is 1.10. The highest BCUT2D eigenvalue weighted by Gasteiger charge is 1.96. The molecule has 0 aromatic heterocycles. The summed E-state index contributed by atoms with van der Waals surface area (Å²) in [7, 11) is 0. The Balaban J connectivity index is 3.25. The first kappa shape index (κ1) is 6.27. The van der Waals surface area contributed by atoms with Crippen molar-refractivity contribution in [2.75, 3.05) is 0 Å². The van der Waals surface area contributed by atoms with Gasteiger partial charge in [-0.15, -0.1) is 0 Å². The van der Waals surface area contributed by atoms with E-state index in [0.29, 0.717) is 5.56 Å². The molecule has 1 aromatic carbocycles. The molecule has 0 atom stereocenters. The first-order chi connectivity index (χ1) is 4.22. The molecular weight excluding hydrogens is 115 g/mol. The van der Waals surface area contributed by atoms with Crippen molar-refractivity contribution in [3.05, 3.63) is 35.1 Å². The zero-order valence-corrected chi connectivity index (χ0v) is 5.53. The van der Waals surface area contributed by atoms with E-state index in [0.717, 1.165) is 5.56 Å². The molecule has 0 nitrogen and oxygen atoms in total. The van der Waals surface area contributed by atoms with Gasteiger partial charge in [0.05, 0.1) is 0 Å². The van der Waals surface area contributed by atoms with E-state index in [9.17, 15) is 4.39 Å². The molecule has 0 amide bonds. The van der Waals surface area contributed by atoms with Crippen LogP contribution in [0.25, 0.3) is 0 Å². The van der Waals surface area contributed by atoms with Gasteiger partial charge in [0.2, 0.25) is 0 Å². The Morgan fingerprint density at radius 3 is 2.56 bits per heavy atom. The molecule has 0 saturated heterocycles. The topological polar surface area (TPSA) is 0 Å². The fraction of sp³-hybridized carbons (Fsp3) is 0.250. The molecular formula is C8H8F. The second-order valence-electron chi connectivity index (χ2n) is 2.10. The summed E-state index contributed by atoms with van der Waals surface area (Å²) < 4.78 is 12.5. The Bertz CT molecular complexity index is 196. The number of hydrogen-bond acceptors (Lipinski definition) is 0. The molecule has 1 rings (SSSR count). The van der Waals surface area contributed by atoms with Gasteiger partial charge in [-0.3, -0.25) is 0 Å². The molecule has 0 aliphatic heterocycles. The second-order valence-corrected chi connectivity index (χ2v) is 2.10. The third-order valence-corrected chi connectivity index (χ3v) is 1.46. The molecule has 0 unspecified atom stereocenters. The van der Waals surface area contributed by atoms with Crippen molar-refractivity contribution in [1.29, 1.82) is 0 Å². The number of rotatable bonds is 0. The molecule has 0 bridgehead atoms. The van der Waals surface area contributed by atoms with Crippen LogP contribution in [0.5, 0.6) is 0 Å². The van der Waals surface area contributed by atoms with Gasteiger partial charge in [-0.05, 0) is 25.0 Å². The number of halogens is 1. The maximum Gasteiger partial charge on any atom is 0.134 e. The van der Waals surface area contributed by atoms with E-state index in [2.05, 4.69) is 6.07 Å². The van der Waals surface area contributed by atoms with Gasteiger partial charge in [-0.1, -0.05) is 12.1 Å². The maximum absolute atomic E-state index is 12.5. The summed E-state index contributed by atoms with van der Waals surface area (Å²) >= 11 is 0. The Morgan fingerprint density at radius 1 is 1.44 bits per heavy atom. The van der Waals surface area contributed by atoms with Crippen LogP contribution in [0.1, 0.15) is 11.1 Å². The summed E-state index contributed by atoms with van der Waals surface area (Å²) in [6, 6.07) is 5.91. The largest absolute Gasteiger partial charge is 0.206 e. The van der Waals surface area contributed by atoms with Crippen molar-refractivity contribution in [1.82, 2.24) is 0 Å². The van der Waals surface area contributed by atoms with Gasteiger partial charge in [0, 0.05) is 6.07 Å². The minimum absolute atomic E-state index is 0.241. The predicted octanol–water partition coefficient (Wildman–Crippen LogP) is 2.24. The van der Waals surface area contributed by atoms with Crippen LogP contribution in [-0.2, 0) is 0 Å². The fourth-order valence-electron chi connectivity index (χ4n) is 0.646. The summed E-state index contributed by atoms with van der Waals surface area (Å²) in [4.78, 5) is 0. The first-order valence-corrected chi connectivity index (χ1v) is 2.85. The van der Waals surface area contributed by atoms with Crippen LogP contribution in [-0.4, -0.2) is 0 Å². The van der Waals surface area contributed by atoms with Gasteiger partial charge < -0.3 is 0 Å². The predicted molar refractivity (Wildman–Crippen MR) is 34.7 cm³/mol. The van der Waals surface area contributed by atoms with E-state index < -0.39 is 0 Å². The highest BCUT2D eigenvalue weighted by atomic mass is 19.1. The van der Waals surface area contributed by atoms with Gasteiger partial charge in [0.25, 0.3) is 0 Å². The summed E-state index contributed by atoms with van der Waals surface area (Å²) in [6.45, 7) is 3.63. The van der Waals surface area contributed by atoms with Crippen LogP contribution in [0.4, 0.5) is 4.39 Å². The quantitative estimate of drug-likeness (QED) is 0.496. The van der Waals surface area contributed by atoms with Gasteiger partial charge in [-0.2, -0.15) is 0 Å². The van der Waals surface area contributed by atoms with E-state index in [1.807, 2.05) is 13.0 Å². The van der Waals surface area contributed by atoms with Crippen LogP contribution in [0.3, 0.4) is 0 Å². The van der Waals surface area contributed by atoms with Crippen LogP contribution < -0.4 is 0 Å². The Hall–Kier alpha value is -0.850. The maximum atomic E-state index is 12.5. The Morgan fingerprint density at radius 2 is 2.11 bits per heavy atom. The van der Waals surface area contributed by atoms with Gasteiger partial charge in [0.1, 0.15) is 5.82 Å². The lowest BCUT2D eigenvalue weighted by atomic mass is 10.1. The molecule has 0 spiro atoms. The normalized spacial score (nSPS) is 9.67. The third-order valence-electron chi connectivity index (χ3n) is 1.46. The van der Waals surface area contributed by atoms with Gasteiger partial charge in [-0.25, -0.2) is 4.39 Å². The van der Waals surface area contributed by atoms with E-state index in [1.54, 1.807) is 13.0 Å². The molecule has 1 aromatic rings. The first-order valence-electron chi connectivity index (χ1n) is 2.85. The van der Waals surface area contributed by atoms with Gasteiger partial charge >= 0.3 is 0 Å². The zero-order chi connectivity index (χ0) is 6.85. The van der Waals surface area contributed by atoms with E-state index in [-0.39, 0.29) is 5.82 Å². The molecule has 47 valence electrons. The second kappa shape index (κ2) is 2.18. The molecule has 0 aliphatic carbocycles. The van der Waals surface area contributed by atoms with Crippen molar-refractivity contribution in [3.8, 4) is 0 Å². The minimum Gasteiger partial charge on any atom is -0.206 e. The lowest BCUT2D eigenvalue weighted by molar-refractivity contribution is 0.614. The average Bonchev–Trinajstić information content (AvgIpc) is 1.83. The summed E-state index contributed by atoms with van der Waals surface area (Å²) in [5.74, 6) is -0.241. The van der Waals surface area contributed by atoms with Crippen molar-refractivity contribution in [2.45, 2.75) is 13.8 Å². The minimum atomic E-state index is -0.241. The number of benzene rings is 1. The highest BCUT2D eigenvalue weighted by molar-refractivity contribution is 5.24. The van der Waals surface area contributed by atoms with Crippen LogP contribution in [0.15, 0.2) is 12.1 Å². The van der Waals surface area contributed by atoms with Crippen LogP contribution in [0, 0.1) is 25.7 Å². The zero-order valence-electron chi connectivity index (χ0n) is 5.53. The summed E-state index contributed by atoms with van der Waals surface area (Å²) in [5, 5.41) is 0. The van der Waals surface area contributed by atoms with Crippen molar-refractivity contribution in [2.24, 2.45) is 0 Å². The standard InChI is InChI=1S/C8H8F/c1-6-4-3-5-8(9)7(6)2/h3-4H,1-2H3. The SMILES string of the molecule is Cc1cc[c]c(F)c1C. The molecule has 0 fully saturated rings. The molecule has 1 radical (unpaired) electrons. The van der Waals surface area contributed by atoms with Crippen molar-refractivity contribution >= 4 is 0 Å². The van der Waals surface area contributed by atoms with E-state index in [4.69, 9.17) is 0 Å². The molecule has 1 heteroatoms. The highest BCUT2D eigenvalue weighted by Crippen LogP contribution is 2.08. The van der Waals surface area contributed by atoms with Crippen LogP contribution >= 0.6 is 0 Å². The molecule has 9 heavy (non-hydrogen) atoms. The van der Waals surface area contributed by atoms with Gasteiger partial charge in [0.15, 0.2) is 0 Å². The smallest absolute Gasteiger partial charge is 0.134 e. The lowest BCUT2D eigenvalue weighted by Gasteiger charge is -1.96. The average molecular weight is 123 g/mol. The van der Waals surface area contributed by atoms with E-state index in [1.165, 1.54) is 0 Å². The number of hydrogen-bond donors (Lipinski definition) is 0.